The molecule has 0 heterocycles. The topological polar surface area (TPSA) is 139 Å². The average Bonchev–Trinajstić information content (AvgIpc) is 2.43. The molecule has 0 fully saturated rings. The second kappa shape index (κ2) is 9.70. The minimum Gasteiger partial charge on any atom is -0.502 e. The Labute approximate surface area is 110 Å². The lowest BCUT2D eigenvalue weighted by Gasteiger charge is -2.24. The van der Waals surface area contributed by atoms with Gasteiger partial charge in [0.05, 0.1) is 19.5 Å². The van der Waals surface area contributed by atoms with E-state index in [0.29, 0.717) is 13.0 Å². The van der Waals surface area contributed by atoms with Gasteiger partial charge in [-0.1, -0.05) is 6.58 Å². The van der Waals surface area contributed by atoms with Crippen LogP contribution in [0.5, 0.6) is 0 Å². The van der Waals surface area contributed by atoms with Gasteiger partial charge in [-0.2, -0.15) is 0 Å². The molecule has 112 valence electrons. The first kappa shape index (κ1) is 17.8. The van der Waals surface area contributed by atoms with Crippen molar-refractivity contribution in [2.24, 2.45) is 0 Å². The first-order chi connectivity index (χ1) is 8.95. The summed E-state index contributed by atoms with van der Waals surface area (Å²) < 4.78 is 4.81. The molecule has 8 heteroatoms. The summed E-state index contributed by atoms with van der Waals surface area (Å²) in [6.45, 7) is 3.08. The molecule has 0 rings (SSSR count). The van der Waals surface area contributed by atoms with E-state index in [1.807, 2.05) is 0 Å². The van der Waals surface area contributed by atoms with Crippen LogP contribution < -0.4 is 5.32 Å². The third-order valence-corrected chi connectivity index (χ3v) is 2.38. The van der Waals surface area contributed by atoms with Gasteiger partial charge in [-0.25, -0.2) is 0 Å². The maximum Gasteiger partial charge on any atom is 0.251 e. The number of ether oxygens (including phenoxy) is 1. The number of rotatable bonds is 10. The van der Waals surface area contributed by atoms with Crippen LogP contribution in [-0.2, 0) is 9.53 Å². The minimum absolute atomic E-state index is 0.203. The molecule has 1 amide bonds. The summed E-state index contributed by atoms with van der Waals surface area (Å²) in [4.78, 5) is 11.4. The van der Waals surface area contributed by atoms with E-state index < -0.39 is 36.9 Å². The van der Waals surface area contributed by atoms with Crippen molar-refractivity contribution in [2.75, 3.05) is 19.8 Å². The molecule has 0 aliphatic carbocycles. The second-order valence-corrected chi connectivity index (χ2v) is 3.86. The molecule has 0 aliphatic heterocycles. The lowest BCUT2D eigenvalue weighted by molar-refractivity contribution is -0.148. The van der Waals surface area contributed by atoms with Crippen LogP contribution >= 0.6 is 0 Å². The number of nitrogens with one attached hydrogen (secondary N) is 1. The molecule has 0 saturated carbocycles. The predicted molar refractivity (Wildman–Crippen MR) is 64.9 cm³/mol. The standard InChI is InChI=1S/C11H21NO7/c1-2-19-5-3-4-12-11(18)10(17)9(16)8(15)7(14)6-13/h2,7-10,13-17H,1,3-6H2,(H,12,18). The molecule has 4 atom stereocenters. The maximum atomic E-state index is 11.4. The Balaban J connectivity index is 4.06. The van der Waals surface area contributed by atoms with Gasteiger partial charge in [-0.05, 0) is 6.42 Å². The Bertz CT molecular complexity index is 274. The summed E-state index contributed by atoms with van der Waals surface area (Å²) >= 11 is 0. The van der Waals surface area contributed by atoms with Crippen LogP contribution in [0.2, 0.25) is 0 Å². The van der Waals surface area contributed by atoms with Gasteiger partial charge >= 0.3 is 0 Å². The van der Waals surface area contributed by atoms with Gasteiger partial charge in [-0.3, -0.25) is 4.79 Å². The highest BCUT2D eigenvalue weighted by molar-refractivity contribution is 5.81. The first-order valence-corrected chi connectivity index (χ1v) is 5.79. The number of hydrogen-bond donors (Lipinski definition) is 6. The van der Waals surface area contributed by atoms with Crippen molar-refractivity contribution >= 4 is 5.91 Å². The molecule has 0 radical (unpaired) electrons. The molecule has 4 unspecified atom stereocenters. The zero-order chi connectivity index (χ0) is 14.8. The Kier molecular flexibility index (Phi) is 9.09. The zero-order valence-corrected chi connectivity index (χ0v) is 10.5. The summed E-state index contributed by atoms with van der Waals surface area (Å²) in [6, 6.07) is 0. The van der Waals surface area contributed by atoms with Gasteiger partial charge in [-0.15, -0.1) is 0 Å². The molecule has 0 aromatic heterocycles. The summed E-state index contributed by atoms with van der Waals surface area (Å²) in [7, 11) is 0. The van der Waals surface area contributed by atoms with Gasteiger partial charge in [0.15, 0.2) is 6.10 Å². The average molecular weight is 279 g/mol. The molecule has 19 heavy (non-hydrogen) atoms. The van der Waals surface area contributed by atoms with E-state index >= 15 is 0 Å². The van der Waals surface area contributed by atoms with Crippen molar-refractivity contribution in [3.63, 3.8) is 0 Å². The van der Waals surface area contributed by atoms with Crippen molar-refractivity contribution in [3.8, 4) is 0 Å². The van der Waals surface area contributed by atoms with E-state index in [0.717, 1.165) is 0 Å². The van der Waals surface area contributed by atoms with Crippen molar-refractivity contribution < 1.29 is 35.1 Å². The number of carbonyl (C=O) groups excluding carboxylic acids is 1. The van der Waals surface area contributed by atoms with Crippen molar-refractivity contribution in [1.29, 1.82) is 0 Å². The third-order valence-electron chi connectivity index (χ3n) is 2.38. The third kappa shape index (κ3) is 6.50. The number of carbonyl (C=O) groups is 1. The number of amides is 1. The molecule has 0 aliphatic rings. The van der Waals surface area contributed by atoms with Crippen molar-refractivity contribution in [3.05, 3.63) is 12.8 Å². The van der Waals surface area contributed by atoms with Crippen LogP contribution in [0, 0.1) is 0 Å². The summed E-state index contributed by atoms with van der Waals surface area (Å²) in [5, 5.41) is 48.1. The van der Waals surface area contributed by atoms with E-state index in [2.05, 4.69) is 11.9 Å². The van der Waals surface area contributed by atoms with E-state index in [4.69, 9.17) is 14.9 Å². The maximum absolute atomic E-state index is 11.4. The van der Waals surface area contributed by atoms with Crippen LogP contribution in [0.25, 0.3) is 0 Å². The highest BCUT2D eigenvalue weighted by Gasteiger charge is 2.33. The number of hydrogen-bond acceptors (Lipinski definition) is 7. The molecule has 0 bridgehead atoms. The molecule has 6 N–H and O–H groups in total. The lowest BCUT2D eigenvalue weighted by atomic mass is 10.0. The SMILES string of the molecule is C=COCCCNC(=O)C(O)C(O)C(O)C(O)CO. The predicted octanol–water partition coefficient (Wildman–Crippen LogP) is -2.91. The summed E-state index contributed by atoms with van der Waals surface area (Å²) in [5.74, 6) is -0.893. The minimum atomic E-state index is -1.91. The van der Waals surface area contributed by atoms with E-state index in [-0.39, 0.29) is 6.54 Å². The molecule has 0 aromatic carbocycles. The van der Waals surface area contributed by atoms with Gasteiger partial charge in [0.25, 0.3) is 5.91 Å². The smallest absolute Gasteiger partial charge is 0.251 e. The molecule has 0 aromatic rings. The van der Waals surface area contributed by atoms with Gasteiger partial charge in [0.1, 0.15) is 18.3 Å². The van der Waals surface area contributed by atoms with Crippen LogP contribution in [0.3, 0.4) is 0 Å². The Morgan fingerprint density at radius 2 is 1.89 bits per heavy atom. The quantitative estimate of drug-likeness (QED) is 0.186. The number of aliphatic hydroxyl groups is 5. The Morgan fingerprint density at radius 1 is 1.26 bits per heavy atom. The fourth-order valence-corrected chi connectivity index (χ4v) is 1.23. The Morgan fingerprint density at radius 3 is 2.42 bits per heavy atom. The lowest BCUT2D eigenvalue weighted by Crippen LogP contribution is -2.51. The summed E-state index contributed by atoms with van der Waals surface area (Å²) in [6.07, 6.45) is -5.54. The van der Waals surface area contributed by atoms with E-state index in [1.165, 1.54) is 6.26 Å². The Hall–Kier alpha value is -1.19. The molecular formula is C11H21NO7. The van der Waals surface area contributed by atoms with Crippen LogP contribution in [0.15, 0.2) is 12.8 Å². The summed E-state index contributed by atoms with van der Waals surface area (Å²) in [5.41, 5.74) is 0. The van der Waals surface area contributed by atoms with Crippen molar-refractivity contribution in [2.45, 2.75) is 30.8 Å². The number of aliphatic hydroxyl groups excluding tert-OH is 5. The normalized spacial score (nSPS) is 17.1. The fourth-order valence-electron chi connectivity index (χ4n) is 1.23. The highest BCUT2D eigenvalue weighted by atomic mass is 16.5. The van der Waals surface area contributed by atoms with E-state index in [1.54, 1.807) is 0 Å². The second-order valence-electron chi connectivity index (χ2n) is 3.86. The van der Waals surface area contributed by atoms with Gasteiger partial charge in [0.2, 0.25) is 0 Å². The van der Waals surface area contributed by atoms with Crippen LogP contribution in [-0.4, -0.2) is 75.6 Å². The van der Waals surface area contributed by atoms with Gasteiger partial charge in [0, 0.05) is 6.54 Å². The highest BCUT2D eigenvalue weighted by Crippen LogP contribution is 2.05. The molecule has 0 saturated heterocycles. The van der Waals surface area contributed by atoms with Gasteiger partial charge < -0.3 is 35.6 Å². The zero-order valence-electron chi connectivity index (χ0n) is 10.5. The fraction of sp³-hybridized carbons (Fsp3) is 0.727. The molecular weight excluding hydrogens is 258 g/mol. The van der Waals surface area contributed by atoms with Crippen molar-refractivity contribution in [1.82, 2.24) is 5.32 Å². The largest absolute Gasteiger partial charge is 0.502 e. The monoisotopic (exact) mass is 279 g/mol. The molecule has 8 nitrogen and oxygen atoms in total. The van der Waals surface area contributed by atoms with Crippen LogP contribution in [0.1, 0.15) is 6.42 Å². The molecule has 0 spiro atoms. The first-order valence-electron chi connectivity index (χ1n) is 5.79. The van der Waals surface area contributed by atoms with Crippen LogP contribution in [0.4, 0.5) is 0 Å². The van der Waals surface area contributed by atoms with E-state index in [9.17, 15) is 20.1 Å².